The molecular weight excluding hydrogens is 222 g/mol. The van der Waals surface area contributed by atoms with E-state index in [9.17, 15) is 4.79 Å². The molecule has 2 aromatic carbocycles. The number of hydrogen-bond acceptors (Lipinski definition) is 1. The number of nitrogens with two attached hydrogens (primary N) is 1. The van der Waals surface area contributed by atoms with E-state index in [0.717, 1.165) is 11.1 Å². The Morgan fingerprint density at radius 1 is 0.875 bits per heavy atom. The van der Waals surface area contributed by atoms with Gasteiger partial charge in [-0.2, -0.15) is 0 Å². The molecule has 1 amide bonds. The number of carbonyl (C=O) groups excluding carboxylic acids is 1. The van der Waals surface area contributed by atoms with Crippen molar-refractivity contribution in [3.05, 3.63) is 60.2 Å². The molecule has 2 rings (SSSR count). The highest BCUT2D eigenvalue weighted by Gasteiger charge is 2.02. The first kappa shape index (κ1) is 12.3. The first-order chi connectivity index (χ1) is 7.27. The fraction of sp³-hybridized carbons (Fsp3) is 0. The first-order valence-corrected chi connectivity index (χ1v) is 4.72. The molecule has 16 heavy (non-hydrogen) atoms. The van der Waals surface area contributed by atoms with E-state index < -0.39 is 5.91 Å². The van der Waals surface area contributed by atoms with E-state index in [1.165, 1.54) is 0 Å². The lowest BCUT2D eigenvalue weighted by molar-refractivity contribution is 0.100. The van der Waals surface area contributed by atoms with Crippen LogP contribution in [0.4, 0.5) is 0 Å². The Balaban J connectivity index is 0.00000128. The van der Waals surface area contributed by atoms with Gasteiger partial charge in [0.25, 0.3) is 0 Å². The zero-order chi connectivity index (χ0) is 10.7. The summed E-state index contributed by atoms with van der Waals surface area (Å²) in [5, 5.41) is 0. The topological polar surface area (TPSA) is 43.1 Å². The summed E-state index contributed by atoms with van der Waals surface area (Å²) in [6, 6.07) is 17.2. The van der Waals surface area contributed by atoms with Crippen molar-refractivity contribution in [2.24, 2.45) is 5.73 Å². The Labute approximate surface area is 101 Å². The molecule has 0 aromatic heterocycles. The maximum atomic E-state index is 11.0. The molecular formula is C13H12ClNO. The summed E-state index contributed by atoms with van der Waals surface area (Å²) in [6.07, 6.45) is 0. The van der Waals surface area contributed by atoms with E-state index in [0.29, 0.717) is 5.56 Å². The largest absolute Gasteiger partial charge is 0.366 e. The molecule has 0 fully saturated rings. The van der Waals surface area contributed by atoms with E-state index in [2.05, 4.69) is 0 Å². The molecule has 2 nitrogen and oxygen atoms in total. The van der Waals surface area contributed by atoms with Gasteiger partial charge < -0.3 is 5.73 Å². The van der Waals surface area contributed by atoms with E-state index in [1.54, 1.807) is 12.1 Å². The number of rotatable bonds is 2. The smallest absolute Gasteiger partial charge is 0.248 e. The maximum absolute atomic E-state index is 11.0. The second kappa shape index (κ2) is 5.33. The van der Waals surface area contributed by atoms with Crippen molar-refractivity contribution in [3.63, 3.8) is 0 Å². The van der Waals surface area contributed by atoms with Crippen LogP contribution in [-0.4, -0.2) is 5.91 Å². The van der Waals surface area contributed by atoms with Gasteiger partial charge in [0.05, 0.1) is 0 Å². The number of hydrogen-bond donors (Lipinski definition) is 1. The van der Waals surface area contributed by atoms with Crippen molar-refractivity contribution in [1.29, 1.82) is 0 Å². The van der Waals surface area contributed by atoms with Crippen LogP contribution in [0.1, 0.15) is 10.4 Å². The SMILES string of the molecule is Cl.NC(=O)c1cccc(-c2ccccc2)c1. The molecule has 0 heterocycles. The van der Waals surface area contributed by atoms with Crippen LogP contribution in [0.2, 0.25) is 0 Å². The zero-order valence-electron chi connectivity index (χ0n) is 8.59. The molecule has 0 spiro atoms. The number of benzene rings is 2. The molecule has 0 bridgehead atoms. The Morgan fingerprint density at radius 3 is 2.12 bits per heavy atom. The van der Waals surface area contributed by atoms with Crippen LogP contribution in [0.15, 0.2) is 54.6 Å². The van der Waals surface area contributed by atoms with Crippen LogP contribution in [-0.2, 0) is 0 Å². The van der Waals surface area contributed by atoms with Gasteiger partial charge in [-0.15, -0.1) is 12.4 Å². The van der Waals surface area contributed by atoms with Gasteiger partial charge in [0.2, 0.25) is 5.91 Å². The Kier molecular flexibility index (Phi) is 4.09. The van der Waals surface area contributed by atoms with Gasteiger partial charge in [0.1, 0.15) is 0 Å². The molecule has 0 atom stereocenters. The highest BCUT2D eigenvalue weighted by Crippen LogP contribution is 2.19. The predicted molar refractivity (Wildman–Crippen MR) is 67.6 cm³/mol. The molecule has 2 N–H and O–H groups in total. The average molecular weight is 234 g/mol. The minimum Gasteiger partial charge on any atom is -0.366 e. The second-order valence-corrected chi connectivity index (χ2v) is 3.31. The summed E-state index contributed by atoms with van der Waals surface area (Å²) >= 11 is 0. The van der Waals surface area contributed by atoms with Crippen molar-refractivity contribution in [2.45, 2.75) is 0 Å². The summed E-state index contributed by atoms with van der Waals surface area (Å²) in [5.41, 5.74) is 7.85. The lowest BCUT2D eigenvalue weighted by Gasteiger charge is -2.02. The lowest BCUT2D eigenvalue weighted by Crippen LogP contribution is -2.10. The molecule has 2 aromatic rings. The standard InChI is InChI=1S/C13H11NO.ClH/c14-13(15)12-8-4-7-11(9-12)10-5-2-1-3-6-10;/h1-9H,(H2,14,15);1H. The fourth-order valence-electron chi connectivity index (χ4n) is 1.48. The minimum atomic E-state index is -0.396. The lowest BCUT2D eigenvalue weighted by atomic mass is 10.0. The Bertz CT molecular complexity index is 482. The highest BCUT2D eigenvalue weighted by molar-refractivity contribution is 5.94. The summed E-state index contributed by atoms with van der Waals surface area (Å²) in [5.74, 6) is -0.396. The Hall–Kier alpha value is -1.80. The predicted octanol–water partition coefficient (Wildman–Crippen LogP) is 2.87. The van der Waals surface area contributed by atoms with Gasteiger partial charge in [0.15, 0.2) is 0 Å². The van der Waals surface area contributed by atoms with Crippen LogP contribution in [0, 0.1) is 0 Å². The van der Waals surface area contributed by atoms with Crippen LogP contribution in [0.25, 0.3) is 11.1 Å². The van der Waals surface area contributed by atoms with Crippen molar-refractivity contribution < 1.29 is 4.79 Å². The molecule has 0 aliphatic carbocycles. The van der Waals surface area contributed by atoms with Crippen molar-refractivity contribution in [1.82, 2.24) is 0 Å². The number of amides is 1. The van der Waals surface area contributed by atoms with Crippen LogP contribution in [0.5, 0.6) is 0 Å². The number of primary amides is 1. The summed E-state index contributed by atoms with van der Waals surface area (Å²) in [7, 11) is 0. The molecule has 0 saturated carbocycles. The molecule has 0 aliphatic rings. The van der Waals surface area contributed by atoms with Gasteiger partial charge in [0, 0.05) is 5.56 Å². The van der Waals surface area contributed by atoms with Crippen molar-refractivity contribution in [2.75, 3.05) is 0 Å². The van der Waals surface area contributed by atoms with Crippen LogP contribution >= 0.6 is 12.4 Å². The number of halogens is 1. The number of carbonyl (C=O) groups is 1. The van der Waals surface area contributed by atoms with E-state index in [-0.39, 0.29) is 12.4 Å². The summed E-state index contributed by atoms with van der Waals surface area (Å²) in [4.78, 5) is 11.0. The minimum absolute atomic E-state index is 0. The summed E-state index contributed by atoms with van der Waals surface area (Å²) < 4.78 is 0. The van der Waals surface area contributed by atoms with Crippen LogP contribution in [0.3, 0.4) is 0 Å². The molecule has 82 valence electrons. The molecule has 0 saturated heterocycles. The average Bonchev–Trinajstić information content (AvgIpc) is 2.30. The second-order valence-electron chi connectivity index (χ2n) is 3.31. The van der Waals surface area contributed by atoms with Gasteiger partial charge in [-0.1, -0.05) is 42.5 Å². The molecule has 0 unspecified atom stereocenters. The first-order valence-electron chi connectivity index (χ1n) is 4.72. The zero-order valence-corrected chi connectivity index (χ0v) is 9.41. The maximum Gasteiger partial charge on any atom is 0.248 e. The quantitative estimate of drug-likeness (QED) is 0.852. The normalized spacial score (nSPS) is 9.25. The van der Waals surface area contributed by atoms with Crippen LogP contribution < -0.4 is 5.73 Å². The third-order valence-corrected chi connectivity index (χ3v) is 2.25. The van der Waals surface area contributed by atoms with E-state index >= 15 is 0 Å². The molecule has 3 heteroatoms. The van der Waals surface area contributed by atoms with Gasteiger partial charge in [-0.05, 0) is 23.3 Å². The third kappa shape index (κ3) is 2.61. The molecule has 0 radical (unpaired) electrons. The third-order valence-electron chi connectivity index (χ3n) is 2.25. The highest BCUT2D eigenvalue weighted by atomic mass is 35.5. The Morgan fingerprint density at radius 2 is 1.50 bits per heavy atom. The summed E-state index contributed by atoms with van der Waals surface area (Å²) in [6.45, 7) is 0. The monoisotopic (exact) mass is 233 g/mol. The van der Waals surface area contributed by atoms with E-state index in [4.69, 9.17) is 5.73 Å². The molecule has 0 aliphatic heterocycles. The van der Waals surface area contributed by atoms with Gasteiger partial charge in [-0.25, -0.2) is 0 Å². The van der Waals surface area contributed by atoms with Crippen molar-refractivity contribution in [3.8, 4) is 11.1 Å². The van der Waals surface area contributed by atoms with E-state index in [1.807, 2.05) is 42.5 Å². The fourth-order valence-corrected chi connectivity index (χ4v) is 1.48. The van der Waals surface area contributed by atoms with Gasteiger partial charge >= 0.3 is 0 Å². The van der Waals surface area contributed by atoms with Crippen molar-refractivity contribution >= 4 is 18.3 Å². The van der Waals surface area contributed by atoms with Gasteiger partial charge in [-0.3, -0.25) is 4.79 Å².